The van der Waals surface area contributed by atoms with Crippen molar-refractivity contribution in [3.8, 4) is 0 Å². The number of rotatable bonds is 7. The Labute approximate surface area is 144 Å². The molecule has 7 atom stereocenters. The molecule has 2 rings (SSSR count). The van der Waals surface area contributed by atoms with Crippen LogP contribution in [0.15, 0.2) is 11.6 Å². The van der Waals surface area contributed by atoms with Crippen LogP contribution in [0.5, 0.6) is 0 Å². The lowest BCUT2D eigenvalue weighted by Crippen LogP contribution is -2.44. The summed E-state index contributed by atoms with van der Waals surface area (Å²) in [6.45, 7) is 15.3. The van der Waals surface area contributed by atoms with Crippen molar-refractivity contribution in [1.29, 1.82) is 0 Å². The Bertz CT molecular complexity index is 389. The lowest BCUT2D eigenvalue weighted by molar-refractivity contribution is -0.128. The number of allylic oxidation sites excluding steroid dienone is 1. The zero-order chi connectivity index (χ0) is 17.0. The van der Waals surface area contributed by atoms with Gasteiger partial charge in [-0.3, -0.25) is 0 Å². The van der Waals surface area contributed by atoms with Crippen molar-refractivity contribution in [2.24, 2.45) is 35.5 Å². The van der Waals surface area contributed by atoms with Crippen molar-refractivity contribution in [1.82, 2.24) is 0 Å². The Kier molecular flexibility index (Phi) is 7.16. The summed E-state index contributed by atoms with van der Waals surface area (Å²) in [6.07, 6.45) is 7.82. The summed E-state index contributed by atoms with van der Waals surface area (Å²) in [6, 6.07) is 0. The van der Waals surface area contributed by atoms with Crippen molar-refractivity contribution in [2.45, 2.75) is 73.3 Å². The first-order valence-corrected chi connectivity index (χ1v) is 9.88. The molecule has 2 nitrogen and oxygen atoms in total. The Morgan fingerprint density at radius 1 is 1.17 bits per heavy atom. The summed E-state index contributed by atoms with van der Waals surface area (Å²) < 4.78 is 12.1. The first kappa shape index (κ1) is 19.0. The Morgan fingerprint density at radius 3 is 2.57 bits per heavy atom. The molecule has 0 heterocycles. The minimum atomic E-state index is 0.345. The zero-order valence-electron chi connectivity index (χ0n) is 16.2. The molecule has 0 spiro atoms. The molecule has 0 saturated heterocycles. The topological polar surface area (TPSA) is 18.5 Å². The third-order valence-electron chi connectivity index (χ3n) is 6.29. The minimum absolute atomic E-state index is 0.345. The highest BCUT2D eigenvalue weighted by Crippen LogP contribution is 2.49. The van der Waals surface area contributed by atoms with Gasteiger partial charge in [0.05, 0.1) is 12.7 Å². The fraction of sp³-hybridized carbons (Fsp3) is 0.905. The molecule has 1 fully saturated rings. The van der Waals surface area contributed by atoms with Crippen LogP contribution in [0.3, 0.4) is 0 Å². The van der Waals surface area contributed by atoms with Crippen molar-refractivity contribution >= 4 is 0 Å². The van der Waals surface area contributed by atoms with E-state index >= 15 is 0 Å². The number of hydrogen-bond acceptors (Lipinski definition) is 2. The summed E-state index contributed by atoms with van der Waals surface area (Å²) in [5.41, 5.74) is 1.68. The lowest BCUT2D eigenvalue weighted by atomic mass is 9.60. The van der Waals surface area contributed by atoms with Gasteiger partial charge in [0.1, 0.15) is 6.79 Å². The number of hydrogen-bond donors (Lipinski definition) is 0. The number of fused-ring (bicyclic) bond motifs is 1. The molecule has 0 aromatic carbocycles. The molecular formula is C21H38O2. The molecule has 1 saturated carbocycles. The number of ether oxygens (including phenoxy) is 2. The molecule has 2 unspecified atom stereocenters. The van der Waals surface area contributed by atoms with Gasteiger partial charge >= 0.3 is 0 Å². The highest BCUT2D eigenvalue weighted by Gasteiger charge is 2.43. The molecule has 0 aromatic heterocycles. The summed E-state index contributed by atoms with van der Waals surface area (Å²) in [4.78, 5) is 0. The predicted octanol–water partition coefficient (Wildman–Crippen LogP) is 5.68. The molecule has 0 radical (unpaired) electrons. The van der Waals surface area contributed by atoms with Crippen LogP contribution in [0, 0.1) is 35.5 Å². The highest BCUT2D eigenvalue weighted by molar-refractivity contribution is 5.21. The molecule has 2 aliphatic rings. The van der Waals surface area contributed by atoms with Crippen LogP contribution in [0.1, 0.15) is 67.2 Å². The molecular weight excluding hydrogens is 284 g/mol. The summed E-state index contributed by atoms with van der Waals surface area (Å²) in [7, 11) is 0. The van der Waals surface area contributed by atoms with Crippen molar-refractivity contribution < 1.29 is 9.47 Å². The fourth-order valence-electron chi connectivity index (χ4n) is 4.80. The lowest BCUT2D eigenvalue weighted by Gasteiger charge is -2.48. The van der Waals surface area contributed by atoms with Gasteiger partial charge < -0.3 is 9.47 Å². The summed E-state index contributed by atoms with van der Waals surface area (Å²) in [5.74, 6) is 4.16. The molecule has 0 aliphatic heterocycles. The molecule has 0 aromatic rings. The third kappa shape index (κ3) is 4.60. The average Bonchev–Trinajstić information content (AvgIpc) is 2.52. The van der Waals surface area contributed by atoms with Gasteiger partial charge in [0.2, 0.25) is 0 Å². The average molecular weight is 323 g/mol. The smallest absolute Gasteiger partial charge is 0.147 e. The Morgan fingerprint density at radius 2 is 1.91 bits per heavy atom. The first-order chi connectivity index (χ1) is 11.0. The first-order valence-electron chi connectivity index (χ1n) is 9.88. The molecule has 0 bridgehead atoms. The summed E-state index contributed by atoms with van der Waals surface area (Å²) >= 11 is 0. The van der Waals surface area contributed by atoms with E-state index in [1.165, 1.54) is 19.3 Å². The molecule has 23 heavy (non-hydrogen) atoms. The van der Waals surface area contributed by atoms with Crippen LogP contribution < -0.4 is 0 Å². The third-order valence-corrected chi connectivity index (χ3v) is 6.29. The van der Waals surface area contributed by atoms with E-state index in [0.717, 1.165) is 24.9 Å². The van der Waals surface area contributed by atoms with Crippen LogP contribution in [0.25, 0.3) is 0 Å². The van der Waals surface area contributed by atoms with Crippen LogP contribution in [-0.2, 0) is 9.47 Å². The largest absolute Gasteiger partial charge is 0.355 e. The maximum Gasteiger partial charge on any atom is 0.147 e. The molecule has 0 N–H and O–H groups in total. The van der Waals surface area contributed by atoms with Crippen LogP contribution in [-0.4, -0.2) is 19.5 Å². The van der Waals surface area contributed by atoms with E-state index in [2.05, 4.69) is 47.6 Å². The quantitative estimate of drug-likeness (QED) is 0.341. The van der Waals surface area contributed by atoms with E-state index in [0.29, 0.717) is 36.6 Å². The van der Waals surface area contributed by atoms with E-state index in [1.54, 1.807) is 5.57 Å². The highest BCUT2D eigenvalue weighted by atomic mass is 16.7. The molecule has 134 valence electrons. The van der Waals surface area contributed by atoms with E-state index in [-0.39, 0.29) is 0 Å². The second-order valence-corrected chi connectivity index (χ2v) is 8.30. The van der Waals surface area contributed by atoms with Gasteiger partial charge in [0.25, 0.3) is 0 Å². The monoisotopic (exact) mass is 322 g/mol. The van der Waals surface area contributed by atoms with Gasteiger partial charge in [-0.1, -0.05) is 66.0 Å². The van der Waals surface area contributed by atoms with Gasteiger partial charge in [-0.05, 0) is 42.4 Å². The minimum Gasteiger partial charge on any atom is -0.355 e. The van der Waals surface area contributed by atoms with E-state index in [1.807, 2.05) is 0 Å². The Balaban J connectivity index is 2.02. The van der Waals surface area contributed by atoms with Gasteiger partial charge in [-0.15, -0.1) is 0 Å². The fourth-order valence-corrected chi connectivity index (χ4v) is 4.80. The van der Waals surface area contributed by atoms with Crippen LogP contribution in [0.2, 0.25) is 0 Å². The second kappa shape index (κ2) is 8.67. The predicted molar refractivity (Wildman–Crippen MR) is 97.2 cm³/mol. The standard InChI is InChI=1S/C21H38O2/c1-7-14(3)12-22-13-23-20-10-15(4)9-19-17(6)11-16(5)18(8-2)21(19)20/h9,14-18,20-21H,7-8,10-13H2,1-6H3/t14?,15-,16-,17?,18-,20-,21+/m0/s1. The Hall–Kier alpha value is -0.340. The molecule has 0 amide bonds. The SMILES string of the molecule is CCC(C)COCO[C@H]1C[C@@H](C)C=C2C(C)C[C@H](C)[C@H](CC)[C@H]21. The van der Waals surface area contributed by atoms with Crippen molar-refractivity contribution in [3.05, 3.63) is 11.6 Å². The van der Waals surface area contributed by atoms with Crippen molar-refractivity contribution in [3.63, 3.8) is 0 Å². The van der Waals surface area contributed by atoms with E-state index in [9.17, 15) is 0 Å². The van der Waals surface area contributed by atoms with E-state index in [4.69, 9.17) is 9.47 Å². The van der Waals surface area contributed by atoms with Crippen LogP contribution >= 0.6 is 0 Å². The van der Waals surface area contributed by atoms with Gasteiger partial charge in [-0.2, -0.15) is 0 Å². The summed E-state index contributed by atoms with van der Waals surface area (Å²) in [5, 5.41) is 0. The van der Waals surface area contributed by atoms with Gasteiger partial charge in [-0.25, -0.2) is 0 Å². The maximum atomic E-state index is 6.28. The van der Waals surface area contributed by atoms with Crippen LogP contribution in [0.4, 0.5) is 0 Å². The van der Waals surface area contributed by atoms with E-state index < -0.39 is 0 Å². The molecule has 2 heteroatoms. The zero-order valence-corrected chi connectivity index (χ0v) is 16.2. The normalized spacial score (nSPS) is 38.8. The maximum absolute atomic E-state index is 6.28. The van der Waals surface area contributed by atoms with Gasteiger partial charge in [0, 0.05) is 5.92 Å². The van der Waals surface area contributed by atoms with Crippen molar-refractivity contribution in [2.75, 3.05) is 13.4 Å². The second-order valence-electron chi connectivity index (χ2n) is 8.30. The molecule has 2 aliphatic carbocycles. The van der Waals surface area contributed by atoms with Gasteiger partial charge in [0.15, 0.2) is 0 Å².